The molecule has 1 aromatic rings. The van der Waals surface area contributed by atoms with Gasteiger partial charge in [0.15, 0.2) is 0 Å². The molecule has 0 spiro atoms. The molecule has 0 amide bonds. The van der Waals surface area contributed by atoms with E-state index in [1.54, 1.807) is 0 Å². The Morgan fingerprint density at radius 1 is 1.42 bits per heavy atom. The second-order valence-electron chi connectivity index (χ2n) is 5.59. The van der Waals surface area contributed by atoms with Gasteiger partial charge in [-0.2, -0.15) is 0 Å². The number of nitrogens with zero attached hydrogens (tertiary/aromatic N) is 2. The molecule has 1 saturated heterocycles. The lowest BCUT2D eigenvalue weighted by Crippen LogP contribution is -2.42. The van der Waals surface area contributed by atoms with E-state index in [-0.39, 0.29) is 17.6 Å². The van der Waals surface area contributed by atoms with Gasteiger partial charge in [-0.15, -0.1) is 0 Å². The second-order valence-corrected chi connectivity index (χ2v) is 5.59. The predicted octanol–water partition coefficient (Wildman–Crippen LogP) is 1.87. The highest BCUT2D eigenvalue weighted by molar-refractivity contribution is 5.59. The van der Waals surface area contributed by atoms with E-state index in [1.165, 1.54) is 6.33 Å². The van der Waals surface area contributed by atoms with Crippen LogP contribution >= 0.6 is 0 Å². The van der Waals surface area contributed by atoms with Crippen molar-refractivity contribution in [3.63, 3.8) is 0 Å². The first-order chi connectivity index (χ1) is 8.98. The summed E-state index contributed by atoms with van der Waals surface area (Å²) in [4.78, 5) is 8.56. The number of ether oxygens (including phenoxy) is 1. The van der Waals surface area contributed by atoms with Crippen LogP contribution in [-0.2, 0) is 4.74 Å². The van der Waals surface area contributed by atoms with Crippen molar-refractivity contribution < 1.29 is 4.74 Å². The summed E-state index contributed by atoms with van der Waals surface area (Å²) in [5, 5.41) is 3.52. The van der Waals surface area contributed by atoms with Crippen molar-refractivity contribution >= 4 is 11.6 Å². The first kappa shape index (κ1) is 14.0. The highest BCUT2D eigenvalue weighted by Crippen LogP contribution is 2.34. The van der Waals surface area contributed by atoms with Crippen molar-refractivity contribution in [2.75, 3.05) is 17.3 Å². The summed E-state index contributed by atoms with van der Waals surface area (Å²) < 4.78 is 5.65. The summed E-state index contributed by atoms with van der Waals surface area (Å²) >= 11 is 0. The fraction of sp³-hybridized carbons (Fsp3) is 0.692. The second kappa shape index (κ2) is 5.30. The number of hydrogen-bond acceptors (Lipinski definition) is 6. The van der Waals surface area contributed by atoms with Gasteiger partial charge in [0.1, 0.15) is 18.0 Å². The maximum Gasteiger partial charge on any atom is 0.148 e. The lowest BCUT2D eigenvalue weighted by molar-refractivity contribution is 0.105. The quantitative estimate of drug-likeness (QED) is 0.569. The molecule has 4 N–H and O–H groups in total. The maximum absolute atomic E-state index is 5.65. The molecule has 1 fully saturated rings. The summed E-state index contributed by atoms with van der Waals surface area (Å²) in [6.07, 6.45) is 2.63. The van der Waals surface area contributed by atoms with Crippen molar-refractivity contribution in [2.24, 2.45) is 5.84 Å². The normalized spacial score (nSPS) is 26.7. The number of hydrazine groups is 1. The van der Waals surface area contributed by atoms with Gasteiger partial charge in [0.2, 0.25) is 0 Å². The average Bonchev–Trinajstić information content (AvgIpc) is 2.68. The van der Waals surface area contributed by atoms with Crippen LogP contribution in [0, 0.1) is 0 Å². The van der Waals surface area contributed by atoms with E-state index in [2.05, 4.69) is 48.4 Å². The molecule has 0 aliphatic carbocycles. The van der Waals surface area contributed by atoms with E-state index in [0.717, 1.165) is 24.4 Å². The summed E-state index contributed by atoms with van der Waals surface area (Å²) in [5.41, 5.74) is 3.54. The first-order valence-corrected chi connectivity index (χ1v) is 6.69. The van der Waals surface area contributed by atoms with Crippen LogP contribution in [0.5, 0.6) is 0 Å². The minimum Gasteiger partial charge on any atom is -0.376 e. The van der Waals surface area contributed by atoms with E-state index in [9.17, 15) is 0 Å². The highest BCUT2D eigenvalue weighted by atomic mass is 16.5. The fourth-order valence-corrected chi connectivity index (χ4v) is 2.43. The topological polar surface area (TPSA) is 85.1 Å². The molecule has 0 aromatic carbocycles. The monoisotopic (exact) mass is 265 g/mol. The van der Waals surface area contributed by atoms with Crippen LogP contribution in [0.15, 0.2) is 6.33 Å². The molecule has 6 nitrogen and oxygen atoms in total. The summed E-state index contributed by atoms with van der Waals surface area (Å²) in [7, 11) is 0. The zero-order valence-corrected chi connectivity index (χ0v) is 12.0. The van der Waals surface area contributed by atoms with Crippen molar-refractivity contribution in [1.82, 2.24) is 9.97 Å². The maximum atomic E-state index is 5.65. The van der Waals surface area contributed by atoms with Gasteiger partial charge >= 0.3 is 0 Å². The third kappa shape index (κ3) is 2.64. The molecule has 19 heavy (non-hydrogen) atoms. The number of hydrogen-bond donors (Lipinski definition) is 3. The van der Waals surface area contributed by atoms with Gasteiger partial charge in [-0.3, -0.25) is 0 Å². The number of anilines is 2. The van der Waals surface area contributed by atoms with Crippen LogP contribution in [0.3, 0.4) is 0 Å². The molecule has 2 heterocycles. The zero-order valence-electron chi connectivity index (χ0n) is 12.0. The van der Waals surface area contributed by atoms with Crippen LogP contribution in [0.1, 0.15) is 45.6 Å². The third-order valence-corrected chi connectivity index (χ3v) is 3.89. The molecular formula is C13H23N5O. The average molecular weight is 265 g/mol. The van der Waals surface area contributed by atoms with E-state index in [0.29, 0.717) is 5.82 Å². The number of nitrogens with one attached hydrogen (secondary N) is 2. The van der Waals surface area contributed by atoms with E-state index < -0.39 is 0 Å². The van der Waals surface area contributed by atoms with Gasteiger partial charge in [0, 0.05) is 12.2 Å². The number of rotatable bonds is 4. The van der Waals surface area contributed by atoms with Crippen LogP contribution in [0.4, 0.5) is 11.6 Å². The van der Waals surface area contributed by atoms with E-state index >= 15 is 0 Å². The zero-order chi connectivity index (χ0) is 14.0. The Kier molecular flexibility index (Phi) is 3.91. The molecular weight excluding hydrogens is 242 g/mol. The van der Waals surface area contributed by atoms with Crippen LogP contribution in [0.25, 0.3) is 0 Å². The van der Waals surface area contributed by atoms with Crippen molar-refractivity contribution in [3.05, 3.63) is 11.9 Å². The largest absolute Gasteiger partial charge is 0.376 e. The first-order valence-electron chi connectivity index (χ1n) is 6.69. The number of aromatic nitrogens is 2. The van der Waals surface area contributed by atoms with Gasteiger partial charge in [0.25, 0.3) is 0 Å². The van der Waals surface area contributed by atoms with Gasteiger partial charge in [-0.25, -0.2) is 15.8 Å². The molecule has 0 bridgehead atoms. The summed E-state index contributed by atoms with van der Waals surface area (Å²) in [6.45, 7) is 9.21. The smallest absolute Gasteiger partial charge is 0.148 e. The third-order valence-electron chi connectivity index (χ3n) is 3.89. The van der Waals surface area contributed by atoms with Crippen molar-refractivity contribution in [3.8, 4) is 0 Å². The van der Waals surface area contributed by atoms with Crippen molar-refractivity contribution in [2.45, 2.75) is 51.7 Å². The minimum atomic E-state index is -0.107. The molecule has 2 rings (SSSR count). The minimum absolute atomic E-state index is 0.107. The Bertz CT molecular complexity index is 451. The predicted molar refractivity (Wildman–Crippen MR) is 76.0 cm³/mol. The Morgan fingerprint density at radius 3 is 2.63 bits per heavy atom. The molecule has 106 valence electrons. The summed E-state index contributed by atoms with van der Waals surface area (Å²) in [6, 6.07) is 0. The lowest BCUT2D eigenvalue weighted by atomic mass is 9.93. The van der Waals surface area contributed by atoms with Crippen LogP contribution < -0.4 is 16.6 Å². The van der Waals surface area contributed by atoms with Gasteiger partial charge in [-0.05, 0) is 26.2 Å². The molecule has 1 aliphatic heterocycles. The number of nitrogen functional groups attached to an aromatic ring is 1. The van der Waals surface area contributed by atoms with Gasteiger partial charge < -0.3 is 15.5 Å². The highest BCUT2D eigenvalue weighted by Gasteiger charge is 2.38. The molecule has 6 heteroatoms. The molecule has 2 unspecified atom stereocenters. The Balaban J connectivity index is 2.34. The molecule has 1 aliphatic rings. The molecule has 2 atom stereocenters. The Morgan fingerprint density at radius 2 is 2.11 bits per heavy atom. The Labute approximate surface area is 114 Å². The SMILES string of the molecule is CC(C)c1c(NN)ncnc1NC1(C)CCOC1C. The van der Waals surface area contributed by atoms with Crippen LogP contribution in [-0.4, -0.2) is 28.2 Å². The Hall–Kier alpha value is -1.40. The fourth-order valence-electron chi connectivity index (χ4n) is 2.43. The standard InChI is InChI=1S/C13H23N5O/c1-8(2)10-11(15-7-16-12(10)18-14)17-13(4)5-6-19-9(13)3/h7-9H,5-6,14H2,1-4H3,(H2,15,16,17,18). The molecule has 0 saturated carbocycles. The lowest BCUT2D eigenvalue weighted by Gasteiger charge is -2.31. The van der Waals surface area contributed by atoms with E-state index in [1.807, 2.05) is 0 Å². The molecule has 1 aromatic heterocycles. The van der Waals surface area contributed by atoms with Gasteiger partial charge in [-0.1, -0.05) is 13.8 Å². The summed E-state index contributed by atoms with van der Waals surface area (Å²) in [5.74, 6) is 7.31. The van der Waals surface area contributed by atoms with E-state index in [4.69, 9.17) is 10.6 Å². The van der Waals surface area contributed by atoms with Gasteiger partial charge in [0.05, 0.1) is 11.6 Å². The molecule has 0 radical (unpaired) electrons. The van der Waals surface area contributed by atoms with Crippen LogP contribution in [0.2, 0.25) is 0 Å². The van der Waals surface area contributed by atoms with Crippen molar-refractivity contribution in [1.29, 1.82) is 0 Å². The number of nitrogens with two attached hydrogens (primary N) is 1.